The minimum Gasteiger partial charge on any atom is -0.477 e. The first kappa shape index (κ1) is 9.45. The largest absolute Gasteiger partial charge is 0.477 e. The zero-order valence-electron chi connectivity index (χ0n) is 8.15. The molecule has 0 aliphatic heterocycles. The van der Waals surface area contributed by atoms with E-state index in [0.29, 0.717) is 23.9 Å². The summed E-state index contributed by atoms with van der Waals surface area (Å²) in [6.45, 7) is 2.38. The minimum absolute atomic E-state index is 0.351. The maximum Gasteiger partial charge on any atom is 0.340 e. The quantitative estimate of drug-likeness (QED) is 0.768. The number of hydrogen-bond acceptors (Lipinski definition) is 4. The highest BCUT2D eigenvalue weighted by Gasteiger charge is 2.09. The summed E-state index contributed by atoms with van der Waals surface area (Å²) in [4.78, 5) is 17.5. The second-order valence-corrected chi connectivity index (χ2v) is 2.82. The lowest BCUT2D eigenvalue weighted by atomic mass is 10.2. The summed E-state index contributed by atoms with van der Waals surface area (Å²) >= 11 is 0. The van der Waals surface area contributed by atoms with Crippen molar-refractivity contribution in [2.45, 2.75) is 6.92 Å². The van der Waals surface area contributed by atoms with Crippen molar-refractivity contribution in [3.8, 4) is 17.3 Å². The number of rotatable bonds is 3. The summed E-state index contributed by atoms with van der Waals surface area (Å²) in [6, 6.07) is 3.54. The predicted octanol–water partition coefficient (Wildman–Crippen LogP) is 0.559. The number of hydrogen-bond donors (Lipinski definition) is 2. The third-order valence-corrected chi connectivity index (χ3v) is 1.81. The maximum atomic E-state index is 10.9. The lowest BCUT2D eigenvalue weighted by molar-refractivity contribution is 0.328. The Kier molecular flexibility index (Phi) is 2.49. The van der Waals surface area contributed by atoms with Crippen molar-refractivity contribution < 1.29 is 4.74 Å². The van der Waals surface area contributed by atoms with Crippen LogP contribution in [-0.4, -0.2) is 26.8 Å². The van der Waals surface area contributed by atoms with Gasteiger partial charge in [-0.1, -0.05) is 0 Å². The zero-order valence-corrected chi connectivity index (χ0v) is 8.15. The Bertz CT molecular complexity index is 503. The van der Waals surface area contributed by atoms with Crippen LogP contribution in [-0.2, 0) is 0 Å². The van der Waals surface area contributed by atoms with Crippen molar-refractivity contribution in [3.05, 3.63) is 28.8 Å². The molecule has 15 heavy (non-hydrogen) atoms. The molecule has 0 radical (unpaired) electrons. The topological polar surface area (TPSA) is 83.7 Å². The second kappa shape index (κ2) is 3.95. The van der Waals surface area contributed by atoms with Gasteiger partial charge in [0, 0.05) is 6.20 Å². The van der Waals surface area contributed by atoms with E-state index >= 15 is 0 Å². The molecule has 0 spiro atoms. The summed E-state index contributed by atoms with van der Waals surface area (Å²) < 4.78 is 5.31. The number of H-pyrrole nitrogens is 2. The molecule has 6 heteroatoms. The first-order chi connectivity index (χ1) is 7.31. The van der Waals surface area contributed by atoms with Gasteiger partial charge in [0.2, 0.25) is 5.88 Å². The van der Waals surface area contributed by atoms with Crippen molar-refractivity contribution in [1.29, 1.82) is 0 Å². The van der Waals surface area contributed by atoms with Gasteiger partial charge in [0.05, 0.1) is 12.2 Å². The molecule has 0 amide bonds. The van der Waals surface area contributed by atoms with Crippen molar-refractivity contribution >= 4 is 0 Å². The number of nitrogens with zero attached hydrogens (tertiary/aromatic N) is 2. The van der Waals surface area contributed by atoms with E-state index in [2.05, 4.69) is 20.2 Å². The van der Waals surface area contributed by atoms with Crippen molar-refractivity contribution in [3.63, 3.8) is 0 Å². The van der Waals surface area contributed by atoms with Gasteiger partial charge in [-0.05, 0) is 19.1 Å². The predicted molar refractivity (Wildman–Crippen MR) is 53.6 cm³/mol. The van der Waals surface area contributed by atoms with Gasteiger partial charge >= 0.3 is 5.69 Å². The summed E-state index contributed by atoms with van der Waals surface area (Å²) in [5.74, 6) is 0.888. The molecule has 78 valence electrons. The smallest absolute Gasteiger partial charge is 0.340 e. The molecule has 2 heterocycles. The van der Waals surface area contributed by atoms with Gasteiger partial charge in [0.1, 0.15) is 0 Å². The molecule has 0 unspecified atom stereocenters. The second-order valence-electron chi connectivity index (χ2n) is 2.82. The summed E-state index contributed by atoms with van der Waals surface area (Å²) in [6.07, 6.45) is 1.62. The lowest BCUT2D eigenvalue weighted by Crippen LogP contribution is -2.01. The van der Waals surface area contributed by atoms with Gasteiger partial charge in [-0.3, -0.25) is 4.98 Å². The molecular formula is C9H10N4O2. The van der Waals surface area contributed by atoms with Crippen LogP contribution in [0, 0.1) is 0 Å². The van der Waals surface area contributed by atoms with Crippen molar-refractivity contribution in [2.24, 2.45) is 0 Å². The zero-order chi connectivity index (χ0) is 10.7. The van der Waals surface area contributed by atoms with E-state index in [9.17, 15) is 4.79 Å². The Hall–Kier alpha value is -2.11. The van der Waals surface area contributed by atoms with Crippen LogP contribution in [0.4, 0.5) is 0 Å². The molecule has 0 saturated heterocycles. The summed E-state index contributed by atoms with van der Waals surface area (Å²) in [5.41, 5.74) is 0.314. The lowest BCUT2D eigenvalue weighted by Gasteiger charge is -2.04. The molecule has 6 nitrogen and oxygen atoms in total. The summed E-state index contributed by atoms with van der Waals surface area (Å²) in [7, 11) is 0. The van der Waals surface area contributed by atoms with Crippen molar-refractivity contribution in [2.75, 3.05) is 6.61 Å². The summed E-state index contributed by atoms with van der Waals surface area (Å²) in [5, 5.41) is 6.11. The van der Waals surface area contributed by atoms with Crippen LogP contribution in [0.3, 0.4) is 0 Å². The molecule has 0 atom stereocenters. The van der Waals surface area contributed by atoms with Gasteiger partial charge in [-0.2, -0.15) is 5.10 Å². The molecule has 2 aromatic heterocycles. The van der Waals surface area contributed by atoms with Crippen LogP contribution >= 0.6 is 0 Å². The average molecular weight is 206 g/mol. The van der Waals surface area contributed by atoms with Crippen LogP contribution in [0.15, 0.2) is 23.1 Å². The molecule has 2 rings (SSSR count). The first-order valence-electron chi connectivity index (χ1n) is 4.54. The fourth-order valence-electron chi connectivity index (χ4n) is 1.22. The van der Waals surface area contributed by atoms with Crippen LogP contribution in [0.5, 0.6) is 5.88 Å². The van der Waals surface area contributed by atoms with Gasteiger partial charge in [0.15, 0.2) is 5.82 Å². The Labute approximate surface area is 85.3 Å². The third kappa shape index (κ3) is 1.88. The van der Waals surface area contributed by atoms with Crippen LogP contribution < -0.4 is 10.4 Å². The van der Waals surface area contributed by atoms with Crippen LogP contribution in [0.25, 0.3) is 11.4 Å². The number of pyridine rings is 1. The van der Waals surface area contributed by atoms with E-state index < -0.39 is 0 Å². The van der Waals surface area contributed by atoms with Gasteiger partial charge in [-0.25, -0.2) is 14.9 Å². The Morgan fingerprint density at radius 3 is 3.07 bits per heavy atom. The van der Waals surface area contributed by atoms with E-state index in [0.717, 1.165) is 0 Å². The third-order valence-electron chi connectivity index (χ3n) is 1.81. The fourth-order valence-corrected chi connectivity index (χ4v) is 1.22. The first-order valence-corrected chi connectivity index (χ1v) is 4.54. The number of nitrogens with one attached hydrogen (secondary N) is 2. The standard InChI is InChI=1S/C9H10N4O2/c1-2-15-8-6(4-3-5-10-8)7-11-9(14)13-12-7/h3-5H,2H2,1H3,(H2,11,12,13,14). The molecule has 0 aromatic carbocycles. The average Bonchev–Trinajstić information content (AvgIpc) is 2.66. The number of aromatic nitrogens is 4. The molecule has 0 saturated carbocycles. The van der Waals surface area contributed by atoms with Gasteiger partial charge in [-0.15, -0.1) is 0 Å². The molecule has 0 aliphatic carbocycles. The van der Waals surface area contributed by atoms with Crippen LogP contribution in [0.1, 0.15) is 6.92 Å². The Balaban J connectivity index is 2.47. The van der Waals surface area contributed by atoms with E-state index in [-0.39, 0.29) is 5.69 Å². The van der Waals surface area contributed by atoms with E-state index in [4.69, 9.17) is 4.74 Å². The molecule has 2 N–H and O–H groups in total. The molecule has 0 aliphatic rings. The van der Waals surface area contributed by atoms with Gasteiger partial charge in [0.25, 0.3) is 0 Å². The maximum absolute atomic E-state index is 10.9. The highest BCUT2D eigenvalue weighted by molar-refractivity contribution is 5.60. The van der Waals surface area contributed by atoms with E-state index in [1.54, 1.807) is 18.3 Å². The Morgan fingerprint density at radius 1 is 1.53 bits per heavy atom. The van der Waals surface area contributed by atoms with Crippen LogP contribution in [0.2, 0.25) is 0 Å². The molecule has 0 fully saturated rings. The number of aromatic amines is 2. The minimum atomic E-state index is -0.351. The fraction of sp³-hybridized carbons (Fsp3) is 0.222. The SMILES string of the molecule is CCOc1ncccc1-c1n[nH]c(=O)[nH]1. The molecular weight excluding hydrogens is 196 g/mol. The van der Waals surface area contributed by atoms with Gasteiger partial charge < -0.3 is 4.74 Å². The number of ether oxygens (including phenoxy) is 1. The Morgan fingerprint density at radius 2 is 2.40 bits per heavy atom. The van der Waals surface area contributed by atoms with Crippen molar-refractivity contribution in [1.82, 2.24) is 20.2 Å². The normalized spacial score (nSPS) is 10.2. The van der Waals surface area contributed by atoms with E-state index in [1.165, 1.54) is 0 Å². The monoisotopic (exact) mass is 206 g/mol. The van der Waals surface area contributed by atoms with E-state index in [1.807, 2.05) is 6.92 Å². The highest BCUT2D eigenvalue weighted by atomic mass is 16.5. The highest BCUT2D eigenvalue weighted by Crippen LogP contribution is 2.23. The molecule has 0 bridgehead atoms. The molecule has 2 aromatic rings.